The van der Waals surface area contributed by atoms with Crippen molar-refractivity contribution >= 4 is 7.85 Å². The van der Waals surface area contributed by atoms with E-state index in [1.165, 1.54) is 0 Å². The van der Waals surface area contributed by atoms with Crippen LogP contribution in [0.25, 0.3) is 0 Å². The summed E-state index contributed by atoms with van der Waals surface area (Å²) in [5.41, 5.74) is -1.29. The zero-order valence-electron chi connectivity index (χ0n) is 10.6. The van der Waals surface area contributed by atoms with Gasteiger partial charge < -0.3 is 5.11 Å². The standard InChI is InChI=1S/C13H23BO/c1-6-8-13(9-7-2,11(3)4)10-12(5,14)15/h6-9,11,15H,10H2,1-5H3. The van der Waals surface area contributed by atoms with Crippen molar-refractivity contribution in [1.29, 1.82) is 0 Å². The molecule has 0 spiro atoms. The maximum absolute atomic E-state index is 9.77. The Morgan fingerprint density at radius 2 is 1.60 bits per heavy atom. The Morgan fingerprint density at radius 3 is 1.80 bits per heavy atom. The van der Waals surface area contributed by atoms with E-state index in [1.54, 1.807) is 6.92 Å². The molecule has 0 saturated heterocycles. The van der Waals surface area contributed by atoms with Crippen LogP contribution in [0.5, 0.6) is 0 Å². The summed E-state index contributed by atoms with van der Waals surface area (Å²) in [5, 5.41) is 9.77. The lowest BCUT2D eigenvalue weighted by atomic mass is 9.64. The predicted octanol–water partition coefficient (Wildman–Crippen LogP) is 3.05. The van der Waals surface area contributed by atoms with Gasteiger partial charge in [-0.25, -0.2) is 0 Å². The minimum absolute atomic E-state index is 0.151. The van der Waals surface area contributed by atoms with Crippen LogP contribution >= 0.6 is 0 Å². The first kappa shape index (κ1) is 14.5. The molecule has 0 aliphatic rings. The molecule has 0 aliphatic carbocycles. The lowest BCUT2D eigenvalue weighted by molar-refractivity contribution is 0.0936. The molecule has 0 rings (SSSR count). The summed E-state index contributed by atoms with van der Waals surface area (Å²) < 4.78 is 0. The number of allylic oxidation sites excluding steroid dienone is 4. The molecule has 1 atom stereocenters. The highest BCUT2D eigenvalue weighted by Gasteiger charge is 2.33. The van der Waals surface area contributed by atoms with Crippen LogP contribution in [-0.4, -0.2) is 18.5 Å². The fourth-order valence-electron chi connectivity index (χ4n) is 2.00. The second kappa shape index (κ2) is 5.55. The average molecular weight is 206 g/mol. The summed E-state index contributed by atoms with van der Waals surface area (Å²) in [7, 11) is 5.71. The van der Waals surface area contributed by atoms with Gasteiger partial charge >= 0.3 is 0 Å². The van der Waals surface area contributed by atoms with Crippen molar-refractivity contribution < 1.29 is 5.11 Å². The minimum atomic E-state index is -1.14. The van der Waals surface area contributed by atoms with Gasteiger partial charge in [0.15, 0.2) is 0 Å². The summed E-state index contributed by atoms with van der Waals surface area (Å²) >= 11 is 0. The Hall–Kier alpha value is -0.495. The molecule has 1 N–H and O–H groups in total. The first-order valence-electron chi connectivity index (χ1n) is 5.56. The van der Waals surface area contributed by atoms with Gasteiger partial charge in [-0.2, -0.15) is 0 Å². The maximum Gasteiger partial charge on any atom is 0.112 e. The molecule has 1 nitrogen and oxygen atoms in total. The van der Waals surface area contributed by atoms with E-state index in [-0.39, 0.29) is 5.41 Å². The summed E-state index contributed by atoms with van der Waals surface area (Å²) in [6.45, 7) is 9.92. The second-order valence-electron chi connectivity index (χ2n) is 4.80. The van der Waals surface area contributed by atoms with Gasteiger partial charge in [0.1, 0.15) is 7.85 Å². The highest BCUT2D eigenvalue weighted by atomic mass is 16.3. The third kappa shape index (κ3) is 4.70. The van der Waals surface area contributed by atoms with E-state index in [1.807, 2.05) is 26.0 Å². The Bertz CT molecular complexity index is 221. The molecule has 2 heteroatoms. The van der Waals surface area contributed by atoms with E-state index in [9.17, 15) is 5.11 Å². The van der Waals surface area contributed by atoms with Gasteiger partial charge in [0, 0.05) is 10.9 Å². The zero-order chi connectivity index (χ0) is 12.1. The third-order valence-electron chi connectivity index (χ3n) is 2.69. The molecule has 0 aromatic rings. The fourth-order valence-corrected chi connectivity index (χ4v) is 2.00. The van der Waals surface area contributed by atoms with Crippen molar-refractivity contribution in [3.63, 3.8) is 0 Å². The Labute approximate surface area is 95.7 Å². The van der Waals surface area contributed by atoms with Crippen LogP contribution < -0.4 is 0 Å². The molecule has 15 heavy (non-hydrogen) atoms. The van der Waals surface area contributed by atoms with E-state index >= 15 is 0 Å². The molecule has 0 saturated carbocycles. The van der Waals surface area contributed by atoms with E-state index in [0.717, 1.165) is 0 Å². The molecular formula is C13H23BO. The van der Waals surface area contributed by atoms with Crippen LogP contribution in [0.4, 0.5) is 0 Å². The van der Waals surface area contributed by atoms with Crippen LogP contribution in [0, 0.1) is 11.3 Å². The molecule has 0 aromatic heterocycles. The average Bonchev–Trinajstić information content (AvgIpc) is 2.01. The fraction of sp³-hybridized carbons (Fsp3) is 0.692. The zero-order valence-corrected chi connectivity index (χ0v) is 10.6. The van der Waals surface area contributed by atoms with E-state index in [4.69, 9.17) is 7.85 Å². The normalized spacial score (nSPS) is 21.0. The first-order valence-corrected chi connectivity index (χ1v) is 5.56. The highest BCUT2D eigenvalue weighted by molar-refractivity contribution is 6.14. The maximum atomic E-state index is 9.77. The Balaban J connectivity index is 5.13. The number of hydrogen-bond donors (Lipinski definition) is 1. The van der Waals surface area contributed by atoms with E-state index in [2.05, 4.69) is 26.0 Å². The summed E-state index contributed by atoms with van der Waals surface area (Å²) in [6.07, 6.45) is 8.82. The van der Waals surface area contributed by atoms with Crippen LogP contribution in [0.2, 0.25) is 0 Å². The van der Waals surface area contributed by atoms with E-state index in [0.29, 0.717) is 12.3 Å². The lowest BCUT2D eigenvalue weighted by Crippen LogP contribution is -2.36. The van der Waals surface area contributed by atoms with Gasteiger partial charge in [0.25, 0.3) is 0 Å². The molecule has 0 fully saturated rings. The van der Waals surface area contributed by atoms with Crippen molar-refractivity contribution in [3.8, 4) is 0 Å². The number of rotatable bonds is 5. The molecule has 84 valence electrons. The largest absolute Gasteiger partial charge is 0.400 e. The molecule has 0 bridgehead atoms. The molecule has 0 heterocycles. The van der Waals surface area contributed by atoms with Gasteiger partial charge in [0.2, 0.25) is 0 Å². The number of hydrogen-bond acceptors (Lipinski definition) is 1. The van der Waals surface area contributed by atoms with Crippen LogP contribution in [0.15, 0.2) is 24.3 Å². The van der Waals surface area contributed by atoms with Crippen LogP contribution in [0.3, 0.4) is 0 Å². The van der Waals surface area contributed by atoms with Gasteiger partial charge in [-0.1, -0.05) is 38.2 Å². The van der Waals surface area contributed by atoms with Gasteiger partial charge in [0.05, 0.1) is 0 Å². The molecule has 2 radical (unpaired) electrons. The van der Waals surface area contributed by atoms with Gasteiger partial charge in [-0.05, 0) is 33.1 Å². The van der Waals surface area contributed by atoms with Crippen molar-refractivity contribution in [1.82, 2.24) is 0 Å². The molecule has 0 aliphatic heterocycles. The summed E-state index contributed by atoms with van der Waals surface area (Å²) in [4.78, 5) is 0. The predicted molar refractivity (Wildman–Crippen MR) is 67.9 cm³/mol. The Morgan fingerprint density at radius 1 is 1.20 bits per heavy atom. The highest BCUT2D eigenvalue weighted by Crippen LogP contribution is 2.38. The topological polar surface area (TPSA) is 20.2 Å². The van der Waals surface area contributed by atoms with Crippen LogP contribution in [-0.2, 0) is 0 Å². The van der Waals surface area contributed by atoms with Crippen LogP contribution in [0.1, 0.15) is 41.0 Å². The van der Waals surface area contributed by atoms with Crippen molar-refractivity contribution in [2.45, 2.75) is 46.5 Å². The molecule has 1 unspecified atom stereocenters. The Kier molecular flexibility index (Phi) is 5.37. The summed E-state index contributed by atoms with van der Waals surface area (Å²) in [6, 6.07) is 0. The van der Waals surface area contributed by atoms with Crippen molar-refractivity contribution in [2.75, 3.05) is 0 Å². The monoisotopic (exact) mass is 206 g/mol. The number of aliphatic hydroxyl groups is 1. The summed E-state index contributed by atoms with van der Waals surface area (Å²) in [5.74, 6) is 0.403. The van der Waals surface area contributed by atoms with Crippen molar-refractivity contribution in [3.05, 3.63) is 24.3 Å². The third-order valence-corrected chi connectivity index (χ3v) is 2.69. The minimum Gasteiger partial charge on any atom is -0.400 e. The second-order valence-corrected chi connectivity index (χ2v) is 4.80. The molecule has 0 amide bonds. The molecule has 0 aromatic carbocycles. The lowest BCUT2D eigenvalue weighted by Gasteiger charge is -2.37. The van der Waals surface area contributed by atoms with Gasteiger partial charge in [-0.3, -0.25) is 0 Å². The first-order chi connectivity index (χ1) is 6.77. The van der Waals surface area contributed by atoms with Gasteiger partial charge in [-0.15, -0.1) is 0 Å². The SMILES string of the molecule is [B]C(C)(O)CC(C=CC)(C=CC)C(C)C. The van der Waals surface area contributed by atoms with Crippen molar-refractivity contribution in [2.24, 2.45) is 11.3 Å². The molecular weight excluding hydrogens is 183 g/mol. The quantitative estimate of drug-likeness (QED) is 0.541. The smallest absolute Gasteiger partial charge is 0.112 e. The van der Waals surface area contributed by atoms with E-state index < -0.39 is 5.50 Å².